The Hall–Kier alpha value is -5.42. The predicted molar refractivity (Wildman–Crippen MR) is 209 cm³/mol. The molecule has 1 fully saturated rings. The summed E-state index contributed by atoms with van der Waals surface area (Å²) in [5.74, 6) is 3.30. The number of aldehydes is 2. The quantitative estimate of drug-likeness (QED) is 0.0960. The summed E-state index contributed by atoms with van der Waals surface area (Å²) in [4.78, 5) is 30.8. The Morgan fingerprint density at radius 3 is 1.23 bits per heavy atom. The molecule has 12 heteroatoms. The van der Waals surface area contributed by atoms with E-state index >= 15 is 0 Å². The number of ether oxygens (including phenoxy) is 1. The summed E-state index contributed by atoms with van der Waals surface area (Å²) in [6.07, 6.45) is 6.36. The van der Waals surface area contributed by atoms with Gasteiger partial charge < -0.3 is 13.8 Å². The van der Waals surface area contributed by atoms with Gasteiger partial charge in [-0.2, -0.15) is 9.97 Å². The van der Waals surface area contributed by atoms with E-state index in [1.165, 1.54) is 24.0 Å². The van der Waals surface area contributed by atoms with Crippen LogP contribution in [0.3, 0.4) is 0 Å². The maximum atomic E-state index is 10.9. The standard InChI is InChI=1S/2C20H20N2O2.C4H8O.Mn.2O/c2*1-13(2)10-15-4-6-16(7-5-15)20-21-19(22-24-20)17-8-9-18(12-23)14(3)11-17;1-2-4-5-3-1;;;/h2*4-9,11-13H,10H2,1-3H3;1-4H2;;;. The number of carbonyl (C=O) groups excluding carboxylic acids is 2. The second-order valence-corrected chi connectivity index (χ2v) is 14.4. The molecule has 0 saturated carbocycles. The minimum atomic E-state index is -1.44. The van der Waals surface area contributed by atoms with E-state index in [4.69, 9.17) is 21.5 Å². The van der Waals surface area contributed by atoms with Crippen LogP contribution in [0.15, 0.2) is 94.0 Å². The van der Waals surface area contributed by atoms with Gasteiger partial charge in [0.25, 0.3) is 11.8 Å². The molecule has 0 bridgehead atoms. The first-order chi connectivity index (χ1) is 27.0. The van der Waals surface area contributed by atoms with Crippen LogP contribution in [0.1, 0.15) is 83.5 Å². The van der Waals surface area contributed by atoms with E-state index in [9.17, 15) is 9.59 Å². The molecule has 1 aliphatic heterocycles. The van der Waals surface area contributed by atoms with Crippen LogP contribution in [0, 0.1) is 25.7 Å². The van der Waals surface area contributed by atoms with Crippen LogP contribution in [0.2, 0.25) is 0 Å². The molecule has 4 aromatic carbocycles. The first-order valence-corrected chi connectivity index (χ1v) is 19.5. The third kappa shape index (κ3) is 13.1. The zero-order valence-electron chi connectivity index (χ0n) is 32.7. The molecule has 2 aromatic heterocycles. The van der Waals surface area contributed by atoms with Crippen LogP contribution in [0.4, 0.5) is 0 Å². The van der Waals surface area contributed by atoms with Crippen molar-refractivity contribution in [2.75, 3.05) is 13.2 Å². The van der Waals surface area contributed by atoms with Gasteiger partial charge in [0.15, 0.2) is 0 Å². The van der Waals surface area contributed by atoms with Crippen molar-refractivity contribution >= 4 is 12.6 Å². The fraction of sp³-hybridized carbons (Fsp3) is 0.318. The summed E-state index contributed by atoms with van der Waals surface area (Å²) in [5, 5.41) is 8.11. The molecule has 0 spiro atoms. The fourth-order valence-electron chi connectivity index (χ4n) is 5.83. The van der Waals surface area contributed by atoms with Crippen molar-refractivity contribution in [3.63, 3.8) is 0 Å². The molecule has 0 radical (unpaired) electrons. The molecule has 11 nitrogen and oxygen atoms in total. The average molecular weight is 800 g/mol. The molecule has 3 heterocycles. The predicted octanol–water partition coefficient (Wildman–Crippen LogP) is 10.0. The summed E-state index contributed by atoms with van der Waals surface area (Å²) in [7, 11) is 0. The molecule has 0 unspecified atom stereocenters. The van der Waals surface area contributed by atoms with E-state index in [1.807, 2.05) is 62.4 Å². The Kier molecular flexibility index (Phi) is 17.2. The van der Waals surface area contributed by atoms with Crippen LogP contribution in [-0.2, 0) is 40.1 Å². The van der Waals surface area contributed by atoms with Crippen LogP contribution in [-0.4, -0.2) is 46.1 Å². The minimum absolute atomic E-state index is 0.498. The third-order valence-corrected chi connectivity index (χ3v) is 8.68. The van der Waals surface area contributed by atoms with Gasteiger partial charge in [0.2, 0.25) is 11.6 Å². The van der Waals surface area contributed by atoms with Gasteiger partial charge in [-0.05, 0) is 110 Å². The maximum absolute atomic E-state index is 10.9. The van der Waals surface area contributed by atoms with Crippen LogP contribution >= 0.6 is 0 Å². The first-order valence-electron chi connectivity index (χ1n) is 18.5. The SMILES string of the molecule is C1CCOC1.Cc1cc(-c2noc(-c3ccc(CC(C)C)cc3)n2)ccc1C=O.Cc1cc(-c2noc(-c3ccc(CC(C)C)cc3)n2)ccc1C=O.[O]=[Mn]=[O]. The van der Waals surface area contributed by atoms with Crippen molar-refractivity contribution in [2.45, 2.75) is 67.2 Å². The molecule has 0 N–H and O–H groups in total. The van der Waals surface area contributed by atoms with Crippen molar-refractivity contribution in [1.29, 1.82) is 0 Å². The molecule has 293 valence electrons. The van der Waals surface area contributed by atoms with Gasteiger partial charge in [-0.25, -0.2) is 0 Å². The van der Waals surface area contributed by atoms with Gasteiger partial charge in [-0.3, -0.25) is 9.59 Å². The Morgan fingerprint density at radius 1 is 0.589 bits per heavy atom. The van der Waals surface area contributed by atoms with Crippen molar-refractivity contribution in [2.24, 2.45) is 11.8 Å². The first kappa shape index (κ1) is 43.3. The summed E-state index contributed by atoms with van der Waals surface area (Å²) in [6.45, 7) is 14.6. The molecule has 0 atom stereocenters. The van der Waals surface area contributed by atoms with Crippen LogP contribution in [0.5, 0.6) is 0 Å². The van der Waals surface area contributed by atoms with E-state index in [2.05, 4.69) is 72.2 Å². The van der Waals surface area contributed by atoms with E-state index in [0.717, 1.165) is 72.0 Å². The zero-order valence-corrected chi connectivity index (χ0v) is 33.8. The molecule has 1 saturated heterocycles. The van der Waals surface area contributed by atoms with Gasteiger partial charge in [0.1, 0.15) is 12.6 Å². The van der Waals surface area contributed by atoms with E-state index in [-0.39, 0.29) is 0 Å². The number of hydrogen-bond donors (Lipinski definition) is 0. The average Bonchev–Trinajstić information content (AvgIpc) is 4.01. The molecular formula is C44H48MnN4O7. The summed E-state index contributed by atoms with van der Waals surface area (Å²) >= 11 is -1.44. The van der Waals surface area contributed by atoms with Crippen LogP contribution in [0.25, 0.3) is 45.7 Å². The molecule has 0 amide bonds. The number of benzene rings is 4. The summed E-state index contributed by atoms with van der Waals surface area (Å²) < 4.78 is 32.5. The number of hydrogen-bond acceptors (Lipinski definition) is 11. The Labute approximate surface area is 333 Å². The molecular weight excluding hydrogens is 751 g/mol. The number of aromatic nitrogens is 4. The Morgan fingerprint density at radius 2 is 0.946 bits per heavy atom. The summed E-state index contributed by atoms with van der Waals surface area (Å²) in [6, 6.07) is 27.4. The molecule has 6 aromatic rings. The normalized spacial score (nSPS) is 11.8. The van der Waals surface area contributed by atoms with Gasteiger partial charge in [-0.15, -0.1) is 0 Å². The summed E-state index contributed by atoms with van der Waals surface area (Å²) in [5.41, 5.74) is 9.21. The number of rotatable bonds is 10. The van der Waals surface area contributed by atoms with E-state index in [0.29, 0.717) is 46.4 Å². The van der Waals surface area contributed by atoms with Crippen LogP contribution < -0.4 is 0 Å². The number of carbonyl (C=O) groups is 2. The third-order valence-electron chi connectivity index (χ3n) is 8.68. The second kappa shape index (κ2) is 22.2. The van der Waals surface area contributed by atoms with Gasteiger partial charge in [0.05, 0.1) is 0 Å². The Balaban J connectivity index is 0.000000208. The van der Waals surface area contributed by atoms with Crippen molar-refractivity contribution in [3.8, 4) is 45.7 Å². The zero-order chi connectivity index (χ0) is 40.5. The van der Waals surface area contributed by atoms with Crippen molar-refractivity contribution in [1.82, 2.24) is 20.3 Å². The van der Waals surface area contributed by atoms with E-state index in [1.54, 1.807) is 12.1 Å². The molecule has 7 rings (SSSR count). The monoisotopic (exact) mass is 799 g/mol. The van der Waals surface area contributed by atoms with Gasteiger partial charge >= 0.3 is 22.5 Å². The van der Waals surface area contributed by atoms with Crippen molar-refractivity contribution in [3.05, 3.63) is 118 Å². The van der Waals surface area contributed by atoms with E-state index < -0.39 is 14.8 Å². The topological polar surface area (TPSA) is 155 Å². The van der Waals surface area contributed by atoms with Crippen molar-refractivity contribution < 1.29 is 45.9 Å². The number of nitrogens with zero attached hydrogens (tertiary/aromatic N) is 4. The fourth-order valence-corrected chi connectivity index (χ4v) is 5.83. The number of aryl methyl sites for hydroxylation is 2. The van der Waals surface area contributed by atoms with Gasteiger partial charge in [-0.1, -0.05) is 86.5 Å². The molecule has 1 aliphatic rings. The molecule has 56 heavy (non-hydrogen) atoms. The second-order valence-electron chi connectivity index (χ2n) is 14.2. The Bertz CT molecular complexity index is 2030. The van der Waals surface area contributed by atoms with Gasteiger partial charge in [0, 0.05) is 46.6 Å². The molecule has 0 aliphatic carbocycles.